The third-order valence-electron chi connectivity index (χ3n) is 8.60. The van der Waals surface area contributed by atoms with Gasteiger partial charge in [-0.1, -0.05) is 123 Å². The maximum atomic E-state index is 2.42. The molecule has 0 aromatic heterocycles. The summed E-state index contributed by atoms with van der Waals surface area (Å²) in [7, 11) is 0. The highest BCUT2D eigenvalue weighted by Gasteiger charge is 2.38. The molecule has 0 fully saturated rings. The van der Waals surface area contributed by atoms with Crippen LogP contribution in [0.2, 0.25) is 0 Å². The van der Waals surface area contributed by atoms with Crippen LogP contribution in [0, 0.1) is 0 Å². The van der Waals surface area contributed by atoms with Crippen LogP contribution in [0.4, 0.5) is 0 Å². The van der Waals surface area contributed by atoms with E-state index in [1.807, 2.05) is 0 Å². The molecular weight excluding hydrogens is 444 g/mol. The summed E-state index contributed by atoms with van der Waals surface area (Å²) < 4.78 is 0. The molecular formula is C37H26. The van der Waals surface area contributed by atoms with Gasteiger partial charge in [0.1, 0.15) is 0 Å². The van der Waals surface area contributed by atoms with Gasteiger partial charge in [-0.15, -0.1) is 0 Å². The standard InChI is InChI=1S/C37H26/c1-37(2)34-14-8-7-13-32(34)35-30-12-6-5-11-29(30)33-22-25(18-20-31(33)36(35)37)24-17-19-28-26(21-24)16-15-23-9-3-4-10-27(23)28/h3-22H,1-2H3. The maximum absolute atomic E-state index is 2.42. The quantitative estimate of drug-likeness (QED) is 0.209. The van der Waals surface area contributed by atoms with Gasteiger partial charge in [0, 0.05) is 5.41 Å². The molecule has 0 saturated carbocycles. The van der Waals surface area contributed by atoms with E-state index >= 15 is 0 Å². The van der Waals surface area contributed by atoms with Crippen molar-refractivity contribution in [3.8, 4) is 22.3 Å². The second kappa shape index (κ2) is 7.31. The van der Waals surface area contributed by atoms with Gasteiger partial charge in [0.15, 0.2) is 0 Å². The Morgan fingerprint density at radius 1 is 0.432 bits per heavy atom. The molecule has 0 spiro atoms. The fourth-order valence-electron chi connectivity index (χ4n) is 6.87. The molecule has 1 aliphatic rings. The molecule has 0 saturated heterocycles. The zero-order chi connectivity index (χ0) is 24.7. The van der Waals surface area contributed by atoms with Gasteiger partial charge in [-0.2, -0.15) is 0 Å². The van der Waals surface area contributed by atoms with Crippen molar-refractivity contribution < 1.29 is 0 Å². The van der Waals surface area contributed by atoms with Crippen molar-refractivity contribution in [2.45, 2.75) is 19.3 Å². The Hall–Kier alpha value is -4.42. The van der Waals surface area contributed by atoms with Crippen LogP contribution < -0.4 is 0 Å². The molecule has 0 amide bonds. The topological polar surface area (TPSA) is 0 Å². The van der Waals surface area contributed by atoms with Crippen LogP contribution in [0.5, 0.6) is 0 Å². The van der Waals surface area contributed by atoms with Gasteiger partial charge < -0.3 is 0 Å². The van der Waals surface area contributed by atoms with Crippen molar-refractivity contribution in [1.29, 1.82) is 0 Å². The van der Waals surface area contributed by atoms with E-state index in [1.165, 1.54) is 76.5 Å². The first-order valence-electron chi connectivity index (χ1n) is 13.1. The fourth-order valence-corrected chi connectivity index (χ4v) is 6.87. The Labute approximate surface area is 216 Å². The van der Waals surface area contributed by atoms with E-state index in [4.69, 9.17) is 0 Å². The van der Waals surface area contributed by atoms with E-state index in [2.05, 4.69) is 135 Å². The minimum absolute atomic E-state index is 0.0419. The van der Waals surface area contributed by atoms with Crippen LogP contribution in [-0.4, -0.2) is 0 Å². The SMILES string of the molecule is CC1(C)c2ccccc2-c2c1c1ccc(-c3ccc4c(ccc5ccccc54)c3)cc1c1ccccc21. The lowest BCUT2D eigenvalue weighted by molar-refractivity contribution is 0.666. The summed E-state index contributed by atoms with van der Waals surface area (Å²) in [5.41, 5.74) is 8.16. The molecule has 0 heteroatoms. The number of hydrogen-bond acceptors (Lipinski definition) is 0. The highest BCUT2D eigenvalue weighted by Crippen LogP contribution is 2.54. The van der Waals surface area contributed by atoms with Crippen molar-refractivity contribution in [3.63, 3.8) is 0 Å². The van der Waals surface area contributed by atoms with Crippen molar-refractivity contribution in [2.24, 2.45) is 0 Å². The van der Waals surface area contributed by atoms with E-state index < -0.39 is 0 Å². The molecule has 174 valence electrons. The Morgan fingerprint density at radius 3 is 1.92 bits per heavy atom. The van der Waals surface area contributed by atoms with E-state index in [9.17, 15) is 0 Å². The number of rotatable bonds is 1. The van der Waals surface area contributed by atoms with Crippen LogP contribution in [0.1, 0.15) is 25.0 Å². The zero-order valence-electron chi connectivity index (χ0n) is 21.0. The summed E-state index contributed by atoms with van der Waals surface area (Å²) in [6.45, 7) is 4.76. The van der Waals surface area contributed by atoms with Crippen molar-refractivity contribution in [3.05, 3.63) is 132 Å². The summed E-state index contributed by atoms with van der Waals surface area (Å²) in [4.78, 5) is 0. The average Bonchev–Trinajstić information content (AvgIpc) is 3.20. The van der Waals surface area contributed by atoms with Crippen molar-refractivity contribution in [2.75, 3.05) is 0 Å². The Morgan fingerprint density at radius 2 is 1.05 bits per heavy atom. The average molecular weight is 471 g/mol. The van der Waals surface area contributed by atoms with Gasteiger partial charge in [-0.3, -0.25) is 0 Å². The molecule has 0 nitrogen and oxygen atoms in total. The molecule has 7 aromatic rings. The first-order valence-corrected chi connectivity index (χ1v) is 13.1. The minimum atomic E-state index is -0.0419. The second-order valence-corrected chi connectivity index (χ2v) is 10.9. The van der Waals surface area contributed by atoms with Crippen molar-refractivity contribution in [1.82, 2.24) is 0 Å². The molecule has 37 heavy (non-hydrogen) atoms. The third kappa shape index (κ3) is 2.79. The van der Waals surface area contributed by atoms with Gasteiger partial charge in [0.05, 0.1) is 0 Å². The van der Waals surface area contributed by atoms with E-state index in [0.717, 1.165) is 0 Å². The van der Waals surface area contributed by atoms with E-state index in [-0.39, 0.29) is 5.41 Å². The van der Waals surface area contributed by atoms with Gasteiger partial charge >= 0.3 is 0 Å². The molecule has 0 heterocycles. The summed E-state index contributed by atoms with van der Waals surface area (Å²) in [5, 5.41) is 10.6. The van der Waals surface area contributed by atoms with Crippen LogP contribution in [0.3, 0.4) is 0 Å². The van der Waals surface area contributed by atoms with E-state index in [1.54, 1.807) is 0 Å². The fraction of sp³-hybridized carbons (Fsp3) is 0.0811. The lowest BCUT2D eigenvalue weighted by Gasteiger charge is -2.24. The summed E-state index contributed by atoms with van der Waals surface area (Å²) >= 11 is 0. The zero-order valence-corrected chi connectivity index (χ0v) is 21.0. The molecule has 7 aromatic carbocycles. The molecule has 8 rings (SSSR count). The van der Waals surface area contributed by atoms with Gasteiger partial charge in [0.25, 0.3) is 0 Å². The van der Waals surface area contributed by atoms with Crippen LogP contribution in [0.25, 0.3) is 65.3 Å². The van der Waals surface area contributed by atoms with E-state index in [0.29, 0.717) is 0 Å². The summed E-state index contributed by atoms with van der Waals surface area (Å²) in [6, 6.07) is 45.1. The largest absolute Gasteiger partial charge is 0.0619 e. The molecule has 0 N–H and O–H groups in total. The van der Waals surface area contributed by atoms with Crippen molar-refractivity contribution >= 4 is 43.1 Å². The lowest BCUT2D eigenvalue weighted by atomic mass is 9.79. The van der Waals surface area contributed by atoms with Gasteiger partial charge in [-0.25, -0.2) is 0 Å². The van der Waals surface area contributed by atoms with Crippen LogP contribution in [-0.2, 0) is 5.41 Å². The maximum Gasteiger partial charge on any atom is 0.0165 e. The molecule has 0 bridgehead atoms. The second-order valence-electron chi connectivity index (χ2n) is 10.9. The molecule has 0 aliphatic heterocycles. The Balaban J connectivity index is 1.41. The Bertz CT molecular complexity index is 2060. The lowest BCUT2D eigenvalue weighted by Crippen LogP contribution is -2.15. The minimum Gasteiger partial charge on any atom is -0.0619 e. The van der Waals surface area contributed by atoms with Crippen LogP contribution in [0.15, 0.2) is 121 Å². The smallest absolute Gasteiger partial charge is 0.0165 e. The predicted octanol–water partition coefficient (Wildman–Crippen LogP) is 10.3. The first kappa shape index (κ1) is 20.7. The third-order valence-corrected chi connectivity index (χ3v) is 8.60. The monoisotopic (exact) mass is 470 g/mol. The normalized spacial score (nSPS) is 13.9. The molecule has 1 aliphatic carbocycles. The summed E-state index contributed by atoms with van der Waals surface area (Å²) in [5.74, 6) is 0. The highest BCUT2D eigenvalue weighted by atomic mass is 14.4. The Kier molecular flexibility index (Phi) is 4.10. The van der Waals surface area contributed by atoms with Crippen LogP contribution >= 0.6 is 0 Å². The highest BCUT2D eigenvalue weighted by molar-refractivity contribution is 6.19. The molecule has 0 radical (unpaired) electrons. The number of benzene rings is 7. The predicted molar refractivity (Wildman–Crippen MR) is 159 cm³/mol. The first-order chi connectivity index (χ1) is 18.1. The van der Waals surface area contributed by atoms with Gasteiger partial charge in [0.2, 0.25) is 0 Å². The number of fused-ring (bicyclic) bond motifs is 11. The summed E-state index contributed by atoms with van der Waals surface area (Å²) in [6.07, 6.45) is 0. The number of hydrogen-bond donors (Lipinski definition) is 0. The molecule has 0 unspecified atom stereocenters. The molecule has 0 atom stereocenters. The van der Waals surface area contributed by atoms with Gasteiger partial charge in [-0.05, 0) is 88.6 Å².